The van der Waals surface area contributed by atoms with E-state index in [-0.39, 0.29) is 5.92 Å². The van der Waals surface area contributed by atoms with E-state index < -0.39 is 0 Å². The van der Waals surface area contributed by atoms with Gasteiger partial charge in [0.15, 0.2) is 0 Å². The highest BCUT2D eigenvalue weighted by atomic mass is 16.2. The molecule has 132 valence electrons. The third-order valence-electron chi connectivity index (χ3n) is 5.17. The van der Waals surface area contributed by atoms with E-state index in [1.807, 2.05) is 6.07 Å². The molecule has 3 heterocycles. The van der Waals surface area contributed by atoms with Crippen LogP contribution in [0, 0.1) is 5.92 Å². The van der Waals surface area contributed by atoms with Gasteiger partial charge in [0.05, 0.1) is 0 Å². The van der Waals surface area contributed by atoms with Crippen molar-refractivity contribution in [1.29, 1.82) is 0 Å². The molecule has 0 spiro atoms. The van der Waals surface area contributed by atoms with Crippen LogP contribution in [0.15, 0.2) is 18.5 Å². The van der Waals surface area contributed by atoms with Crippen LogP contribution in [0.1, 0.15) is 32.1 Å². The summed E-state index contributed by atoms with van der Waals surface area (Å²) >= 11 is 0. The number of likely N-dealkylation sites (tertiary alicyclic amines) is 1. The second-order valence-electron chi connectivity index (χ2n) is 7.25. The van der Waals surface area contributed by atoms with Gasteiger partial charge in [-0.05, 0) is 52.3 Å². The molecule has 1 atom stereocenters. The average Bonchev–Trinajstić information content (AvgIpc) is 2.62. The Balaban J connectivity index is 1.57. The first kappa shape index (κ1) is 17.1. The van der Waals surface area contributed by atoms with Gasteiger partial charge in [0.1, 0.15) is 0 Å². The van der Waals surface area contributed by atoms with E-state index >= 15 is 0 Å². The highest BCUT2D eigenvalue weighted by molar-refractivity contribution is 5.79. The number of nitrogens with zero attached hydrogens (tertiary/aromatic N) is 5. The summed E-state index contributed by atoms with van der Waals surface area (Å²) in [5.74, 6) is 1.31. The summed E-state index contributed by atoms with van der Waals surface area (Å²) < 4.78 is 0. The zero-order valence-corrected chi connectivity index (χ0v) is 14.9. The Bertz CT molecular complexity index is 527. The second-order valence-corrected chi connectivity index (χ2v) is 7.25. The van der Waals surface area contributed by atoms with Crippen molar-refractivity contribution in [2.45, 2.75) is 38.1 Å². The smallest absolute Gasteiger partial charge is 0.226 e. The fourth-order valence-electron chi connectivity index (χ4n) is 3.92. The zero-order valence-electron chi connectivity index (χ0n) is 14.9. The Hall–Kier alpha value is -1.69. The summed E-state index contributed by atoms with van der Waals surface area (Å²) in [6, 6.07) is 2.22. The molecule has 0 bridgehead atoms. The van der Waals surface area contributed by atoms with Gasteiger partial charge in [-0.1, -0.05) is 0 Å². The lowest BCUT2D eigenvalue weighted by Gasteiger charge is -2.41. The van der Waals surface area contributed by atoms with Crippen molar-refractivity contribution in [3.8, 4) is 0 Å². The van der Waals surface area contributed by atoms with Crippen molar-refractivity contribution in [2.75, 3.05) is 45.2 Å². The zero-order chi connectivity index (χ0) is 16.9. The highest BCUT2D eigenvalue weighted by Crippen LogP contribution is 2.26. The lowest BCUT2D eigenvalue weighted by atomic mass is 9.92. The third kappa shape index (κ3) is 4.04. The maximum Gasteiger partial charge on any atom is 0.226 e. The molecule has 3 rings (SSSR count). The van der Waals surface area contributed by atoms with Crippen molar-refractivity contribution < 1.29 is 4.79 Å². The molecule has 2 fully saturated rings. The van der Waals surface area contributed by atoms with Crippen molar-refractivity contribution in [2.24, 2.45) is 5.92 Å². The lowest BCUT2D eigenvalue weighted by Crippen LogP contribution is -2.51. The number of hydrogen-bond donors (Lipinski definition) is 0. The Labute approximate surface area is 144 Å². The van der Waals surface area contributed by atoms with E-state index in [0.29, 0.717) is 11.9 Å². The van der Waals surface area contributed by atoms with Crippen LogP contribution in [0.3, 0.4) is 0 Å². The predicted octanol–water partition coefficient (Wildman–Crippen LogP) is 1.64. The van der Waals surface area contributed by atoms with Gasteiger partial charge in [-0.25, -0.2) is 9.97 Å². The monoisotopic (exact) mass is 331 g/mol. The maximum absolute atomic E-state index is 13.0. The number of likely N-dealkylation sites (N-methyl/N-ethyl adjacent to an activating group) is 1. The lowest BCUT2D eigenvalue weighted by molar-refractivity contribution is -0.140. The second kappa shape index (κ2) is 7.92. The summed E-state index contributed by atoms with van der Waals surface area (Å²) in [5, 5.41) is 0. The summed E-state index contributed by atoms with van der Waals surface area (Å²) in [5.41, 5.74) is 0. The van der Waals surface area contributed by atoms with Crippen molar-refractivity contribution in [1.82, 2.24) is 19.8 Å². The topological polar surface area (TPSA) is 52.6 Å². The number of amides is 1. The fourth-order valence-corrected chi connectivity index (χ4v) is 3.92. The van der Waals surface area contributed by atoms with Gasteiger partial charge in [-0.2, -0.15) is 0 Å². The highest BCUT2D eigenvalue weighted by Gasteiger charge is 2.33. The molecule has 2 aliphatic rings. The van der Waals surface area contributed by atoms with Crippen LogP contribution in [-0.4, -0.2) is 72.0 Å². The Morgan fingerprint density at radius 2 is 1.83 bits per heavy atom. The number of hydrogen-bond acceptors (Lipinski definition) is 5. The van der Waals surface area contributed by atoms with Gasteiger partial charge >= 0.3 is 0 Å². The van der Waals surface area contributed by atoms with Gasteiger partial charge in [0.25, 0.3) is 0 Å². The van der Waals surface area contributed by atoms with E-state index in [2.05, 4.69) is 38.8 Å². The molecular formula is C18H29N5O. The average molecular weight is 331 g/mol. The first-order chi connectivity index (χ1) is 11.6. The molecule has 0 radical (unpaired) electrons. The molecule has 6 heteroatoms. The van der Waals surface area contributed by atoms with E-state index in [1.54, 1.807) is 12.4 Å². The van der Waals surface area contributed by atoms with Crippen molar-refractivity contribution in [3.05, 3.63) is 18.5 Å². The molecular weight excluding hydrogens is 302 g/mol. The number of carbonyl (C=O) groups is 1. The summed E-state index contributed by atoms with van der Waals surface area (Å²) in [7, 11) is 4.19. The molecule has 2 aliphatic heterocycles. The van der Waals surface area contributed by atoms with E-state index in [1.165, 1.54) is 6.42 Å². The van der Waals surface area contributed by atoms with Crippen molar-refractivity contribution in [3.63, 3.8) is 0 Å². The molecule has 0 N–H and O–H groups in total. The Kier molecular flexibility index (Phi) is 5.66. The SMILES string of the molecule is CN(C)CC1CCCCN1C(=O)C1CCN(c2ncccn2)CC1. The van der Waals surface area contributed by atoms with Crippen LogP contribution in [0.25, 0.3) is 0 Å². The number of rotatable bonds is 4. The van der Waals surface area contributed by atoms with Crippen molar-refractivity contribution >= 4 is 11.9 Å². The molecule has 0 aromatic carbocycles. The van der Waals surface area contributed by atoms with Crippen LogP contribution in [0.5, 0.6) is 0 Å². The predicted molar refractivity (Wildman–Crippen MR) is 94.9 cm³/mol. The van der Waals surface area contributed by atoms with Crippen LogP contribution in [-0.2, 0) is 4.79 Å². The van der Waals surface area contributed by atoms with Gasteiger partial charge in [0, 0.05) is 50.5 Å². The number of aromatic nitrogens is 2. The maximum atomic E-state index is 13.0. The minimum atomic E-state index is 0.160. The van der Waals surface area contributed by atoms with Crippen LogP contribution < -0.4 is 4.90 Å². The van der Waals surface area contributed by atoms with E-state index in [4.69, 9.17) is 0 Å². The number of anilines is 1. The molecule has 6 nitrogen and oxygen atoms in total. The molecule has 1 amide bonds. The summed E-state index contributed by atoms with van der Waals surface area (Å²) in [6.45, 7) is 3.64. The van der Waals surface area contributed by atoms with Gasteiger partial charge in [0.2, 0.25) is 11.9 Å². The molecule has 1 unspecified atom stereocenters. The first-order valence-corrected chi connectivity index (χ1v) is 9.12. The largest absolute Gasteiger partial charge is 0.341 e. The molecule has 0 saturated carbocycles. The fraction of sp³-hybridized carbons (Fsp3) is 0.722. The molecule has 1 aromatic rings. The Morgan fingerprint density at radius 1 is 1.12 bits per heavy atom. The Morgan fingerprint density at radius 3 is 2.50 bits per heavy atom. The van der Waals surface area contributed by atoms with Gasteiger partial charge in [-0.15, -0.1) is 0 Å². The van der Waals surface area contributed by atoms with E-state index in [0.717, 1.165) is 57.8 Å². The van der Waals surface area contributed by atoms with Gasteiger partial charge in [-0.3, -0.25) is 4.79 Å². The standard InChI is InChI=1S/C18H29N5O/c1-21(2)14-16-6-3-4-11-23(16)17(24)15-7-12-22(13-8-15)18-19-9-5-10-20-18/h5,9-10,15-16H,3-4,6-8,11-14H2,1-2H3. The summed E-state index contributed by atoms with van der Waals surface area (Å²) in [4.78, 5) is 28.2. The molecule has 1 aromatic heterocycles. The molecule has 2 saturated heterocycles. The quantitative estimate of drug-likeness (QED) is 0.839. The summed E-state index contributed by atoms with van der Waals surface area (Å²) in [6.07, 6.45) is 8.89. The first-order valence-electron chi connectivity index (χ1n) is 9.12. The van der Waals surface area contributed by atoms with E-state index in [9.17, 15) is 4.79 Å². The van der Waals surface area contributed by atoms with Gasteiger partial charge < -0.3 is 14.7 Å². The van der Waals surface area contributed by atoms with Crippen LogP contribution in [0.4, 0.5) is 5.95 Å². The molecule has 0 aliphatic carbocycles. The molecule has 24 heavy (non-hydrogen) atoms. The number of carbonyl (C=O) groups excluding carboxylic acids is 1. The van der Waals surface area contributed by atoms with Crippen LogP contribution >= 0.6 is 0 Å². The third-order valence-corrected chi connectivity index (χ3v) is 5.17. The number of piperidine rings is 2. The minimum Gasteiger partial charge on any atom is -0.341 e. The van der Waals surface area contributed by atoms with Crippen LogP contribution in [0.2, 0.25) is 0 Å². The minimum absolute atomic E-state index is 0.160. The normalized spacial score (nSPS) is 22.9.